The Morgan fingerprint density at radius 1 is 1.08 bits per heavy atom. The molecule has 26 heavy (non-hydrogen) atoms. The van der Waals surface area contributed by atoms with Crippen molar-refractivity contribution in [1.29, 1.82) is 0 Å². The van der Waals surface area contributed by atoms with E-state index in [1.54, 1.807) is 6.08 Å². The van der Waals surface area contributed by atoms with E-state index in [0.29, 0.717) is 0 Å². The lowest BCUT2D eigenvalue weighted by Gasteiger charge is -2.15. The Bertz CT molecular complexity index is 824. The maximum Gasteiger partial charge on any atom is 0.331 e. The van der Waals surface area contributed by atoms with Crippen LogP contribution in [0.3, 0.4) is 0 Å². The highest BCUT2D eigenvalue weighted by molar-refractivity contribution is 5.89. The van der Waals surface area contributed by atoms with Crippen molar-refractivity contribution in [1.82, 2.24) is 5.32 Å². The summed E-state index contributed by atoms with van der Waals surface area (Å²) >= 11 is 0. The van der Waals surface area contributed by atoms with E-state index in [1.165, 1.54) is 17.2 Å². The second-order valence-electron chi connectivity index (χ2n) is 6.49. The van der Waals surface area contributed by atoms with E-state index < -0.39 is 5.97 Å². The molecule has 136 valence electrons. The van der Waals surface area contributed by atoms with Gasteiger partial charge in [0.15, 0.2) is 6.61 Å². The van der Waals surface area contributed by atoms with Gasteiger partial charge in [0, 0.05) is 6.08 Å². The molecule has 0 unspecified atom stereocenters. The molecule has 1 amide bonds. The summed E-state index contributed by atoms with van der Waals surface area (Å²) in [6.45, 7) is 7.67. The predicted molar refractivity (Wildman–Crippen MR) is 104 cm³/mol. The van der Waals surface area contributed by atoms with Crippen LogP contribution in [0, 0.1) is 20.8 Å². The molecule has 0 radical (unpaired) electrons. The van der Waals surface area contributed by atoms with E-state index in [-0.39, 0.29) is 18.6 Å². The predicted octanol–water partition coefficient (Wildman–Crippen LogP) is 4.05. The minimum atomic E-state index is -0.541. The topological polar surface area (TPSA) is 55.4 Å². The lowest BCUT2D eigenvalue weighted by molar-refractivity contribution is -0.144. The molecule has 2 aromatic rings. The van der Waals surface area contributed by atoms with E-state index in [4.69, 9.17) is 4.74 Å². The van der Waals surface area contributed by atoms with Crippen molar-refractivity contribution in [3.63, 3.8) is 0 Å². The van der Waals surface area contributed by atoms with Crippen LogP contribution in [-0.2, 0) is 14.3 Å². The van der Waals surface area contributed by atoms with E-state index >= 15 is 0 Å². The van der Waals surface area contributed by atoms with Crippen LogP contribution in [0.1, 0.15) is 40.8 Å². The van der Waals surface area contributed by atoms with Gasteiger partial charge in [-0.05, 0) is 56.0 Å². The van der Waals surface area contributed by atoms with Gasteiger partial charge < -0.3 is 10.1 Å². The Balaban J connectivity index is 1.82. The fourth-order valence-electron chi connectivity index (χ4n) is 2.52. The SMILES string of the molecule is Cc1cccc(/C=C/C(=O)OCC(=O)N[C@@H](C)c2ccc(C)c(C)c2)c1. The number of hydrogen-bond donors (Lipinski definition) is 1. The molecule has 0 aliphatic carbocycles. The molecule has 0 heterocycles. The number of nitrogens with one attached hydrogen (secondary N) is 1. The summed E-state index contributed by atoms with van der Waals surface area (Å²) in [6, 6.07) is 13.7. The molecule has 4 nitrogen and oxygen atoms in total. The first-order valence-electron chi connectivity index (χ1n) is 8.63. The van der Waals surface area contributed by atoms with E-state index in [1.807, 2.05) is 64.1 Å². The molecule has 0 aliphatic rings. The van der Waals surface area contributed by atoms with Gasteiger partial charge in [-0.3, -0.25) is 4.79 Å². The maximum atomic E-state index is 12.0. The molecule has 0 saturated carbocycles. The maximum absolute atomic E-state index is 12.0. The summed E-state index contributed by atoms with van der Waals surface area (Å²) in [6.07, 6.45) is 3.00. The van der Waals surface area contributed by atoms with Gasteiger partial charge in [-0.15, -0.1) is 0 Å². The Kier molecular flexibility index (Phi) is 6.73. The van der Waals surface area contributed by atoms with Crippen LogP contribution in [-0.4, -0.2) is 18.5 Å². The monoisotopic (exact) mass is 351 g/mol. The van der Waals surface area contributed by atoms with Crippen molar-refractivity contribution in [2.24, 2.45) is 0 Å². The molecule has 0 fully saturated rings. The smallest absolute Gasteiger partial charge is 0.331 e. The van der Waals surface area contributed by atoms with E-state index in [0.717, 1.165) is 16.7 Å². The lowest BCUT2D eigenvalue weighted by Crippen LogP contribution is -2.31. The molecule has 1 N–H and O–H groups in total. The number of aryl methyl sites for hydroxylation is 3. The quantitative estimate of drug-likeness (QED) is 0.631. The number of amides is 1. The molecule has 0 aliphatic heterocycles. The summed E-state index contributed by atoms with van der Waals surface area (Å²) in [7, 11) is 0. The molecule has 0 spiro atoms. The first-order valence-corrected chi connectivity index (χ1v) is 8.63. The minimum Gasteiger partial charge on any atom is -0.452 e. The van der Waals surface area contributed by atoms with Crippen molar-refractivity contribution in [3.05, 3.63) is 76.4 Å². The highest BCUT2D eigenvalue weighted by Gasteiger charge is 2.11. The van der Waals surface area contributed by atoms with Gasteiger partial charge in [0.1, 0.15) is 0 Å². The van der Waals surface area contributed by atoms with Crippen LogP contribution in [0.5, 0.6) is 0 Å². The average molecular weight is 351 g/mol. The molecule has 2 rings (SSSR count). The number of benzene rings is 2. The van der Waals surface area contributed by atoms with E-state index in [9.17, 15) is 9.59 Å². The highest BCUT2D eigenvalue weighted by atomic mass is 16.5. The fourth-order valence-corrected chi connectivity index (χ4v) is 2.52. The summed E-state index contributed by atoms with van der Waals surface area (Å²) in [5.41, 5.74) is 5.43. The molecule has 0 bridgehead atoms. The Labute approximate surface area is 154 Å². The van der Waals surface area contributed by atoms with Crippen LogP contribution < -0.4 is 5.32 Å². The number of esters is 1. The minimum absolute atomic E-state index is 0.150. The molecule has 4 heteroatoms. The second-order valence-corrected chi connectivity index (χ2v) is 6.49. The van der Waals surface area contributed by atoms with Gasteiger partial charge >= 0.3 is 5.97 Å². The summed E-state index contributed by atoms with van der Waals surface area (Å²) in [5, 5.41) is 2.84. The first-order chi connectivity index (χ1) is 12.3. The Morgan fingerprint density at radius 2 is 1.85 bits per heavy atom. The number of rotatable bonds is 6. The standard InChI is InChI=1S/C22H25NO3/c1-15-6-5-7-19(12-15)9-11-22(25)26-14-21(24)23-18(4)20-10-8-16(2)17(3)13-20/h5-13,18H,14H2,1-4H3,(H,23,24)/b11-9+/t18-/m0/s1. The number of carbonyl (C=O) groups excluding carboxylic acids is 2. The van der Waals surface area contributed by atoms with E-state index in [2.05, 4.69) is 11.4 Å². The third kappa shape index (κ3) is 5.88. The molecule has 1 atom stereocenters. The largest absolute Gasteiger partial charge is 0.452 e. The van der Waals surface area contributed by atoms with Crippen molar-refractivity contribution >= 4 is 18.0 Å². The Morgan fingerprint density at radius 3 is 2.54 bits per heavy atom. The molecule has 2 aromatic carbocycles. The third-order valence-corrected chi connectivity index (χ3v) is 4.21. The van der Waals surface area contributed by atoms with Crippen molar-refractivity contribution in [3.8, 4) is 0 Å². The molecule has 0 saturated heterocycles. The number of carbonyl (C=O) groups is 2. The van der Waals surface area contributed by atoms with Crippen LogP contribution >= 0.6 is 0 Å². The zero-order valence-corrected chi connectivity index (χ0v) is 15.7. The molecular formula is C22H25NO3. The van der Waals surface area contributed by atoms with Gasteiger partial charge in [-0.25, -0.2) is 4.79 Å². The Hall–Kier alpha value is -2.88. The second kappa shape index (κ2) is 8.99. The van der Waals surface area contributed by atoms with Crippen LogP contribution in [0.25, 0.3) is 6.08 Å². The van der Waals surface area contributed by atoms with Gasteiger partial charge in [-0.2, -0.15) is 0 Å². The summed E-state index contributed by atoms with van der Waals surface area (Å²) < 4.78 is 5.00. The first kappa shape index (κ1) is 19.4. The van der Waals surface area contributed by atoms with Crippen molar-refractivity contribution in [2.45, 2.75) is 33.7 Å². The normalized spacial score (nSPS) is 12.0. The highest BCUT2D eigenvalue weighted by Crippen LogP contribution is 2.16. The van der Waals surface area contributed by atoms with Crippen LogP contribution in [0.2, 0.25) is 0 Å². The van der Waals surface area contributed by atoms with Gasteiger partial charge in [-0.1, -0.05) is 48.0 Å². The zero-order valence-electron chi connectivity index (χ0n) is 15.7. The molecular weight excluding hydrogens is 326 g/mol. The fraction of sp³-hybridized carbons (Fsp3) is 0.273. The van der Waals surface area contributed by atoms with Gasteiger partial charge in [0.25, 0.3) is 5.91 Å². The third-order valence-electron chi connectivity index (χ3n) is 4.21. The van der Waals surface area contributed by atoms with Crippen LogP contribution in [0.4, 0.5) is 0 Å². The number of ether oxygens (including phenoxy) is 1. The van der Waals surface area contributed by atoms with Crippen molar-refractivity contribution < 1.29 is 14.3 Å². The summed E-state index contributed by atoms with van der Waals surface area (Å²) in [4.78, 5) is 23.7. The zero-order chi connectivity index (χ0) is 19.1. The van der Waals surface area contributed by atoms with Crippen LogP contribution in [0.15, 0.2) is 48.5 Å². The van der Waals surface area contributed by atoms with Crippen molar-refractivity contribution in [2.75, 3.05) is 6.61 Å². The molecule has 0 aromatic heterocycles. The lowest BCUT2D eigenvalue weighted by atomic mass is 10.0. The van der Waals surface area contributed by atoms with Gasteiger partial charge in [0.2, 0.25) is 0 Å². The average Bonchev–Trinajstić information content (AvgIpc) is 2.60. The number of hydrogen-bond acceptors (Lipinski definition) is 3. The van der Waals surface area contributed by atoms with Gasteiger partial charge in [0.05, 0.1) is 6.04 Å². The summed E-state index contributed by atoms with van der Waals surface area (Å²) in [5.74, 6) is -0.867.